The summed E-state index contributed by atoms with van der Waals surface area (Å²) in [6.45, 7) is 10.9. The van der Waals surface area contributed by atoms with Gasteiger partial charge in [-0.1, -0.05) is 13.0 Å². The van der Waals surface area contributed by atoms with E-state index in [1.165, 1.54) is 21.9 Å². The normalized spacial score (nSPS) is 17.4. The summed E-state index contributed by atoms with van der Waals surface area (Å²) in [4.78, 5) is 33.3. The number of imide groups is 1. The van der Waals surface area contributed by atoms with Crippen LogP contribution in [0.5, 0.6) is 0 Å². The lowest BCUT2D eigenvalue weighted by Gasteiger charge is -2.35. The molecule has 8 heteroatoms. The van der Waals surface area contributed by atoms with Gasteiger partial charge in [-0.15, -0.1) is 11.3 Å². The fourth-order valence-electron chi connectivity index (χ4n) is 4.24. The third-order valence-electron chi connectivity index (χ3n) is 6.13. The maximum atomic E-state index is 13.2. The highest BCUT2D eigenvalue weighted by atomic mass is 32.1. The first kappa shape index (κ1) is 23.5. The van der Waals surface area contributed by atoms with E-state index >= 15 is 0 Å². The minimum absolute atomic E-state index is 0.244. The first-order valence-electron chi connectivity index (χ1n) is 11.7. The number of carbonyl (C=O) groups excluding carboxylic acids is 2. The third-order valence-corrected chi connectivity index (χ3v) is 7.02. The van der Waals surface area contributed by atoms with Crippen LogP contribution >= 0.6 is 11.3 Å². The lowest BCUT2D eigenvalue weighted by Crippen LogP contribution is -2.46. The standard InChI is InChI=1S/C25H32N4O3S/c1-3-27-13-15-28(16-14-27)20-10-8-19(9-11-20)26-23-22(21-7-5-18-33-21)24(30)29(25(23)31)12-6-17-32-4-2/h5,7-11,18,26H,3-4,6,12-17H2,1-2H3. The van der Waals surface area contributed by atoms with Crippen molar-refractivity contribution in [1.82, 2.24) is 9.80 Å². The van der Waals surface area contributed by atoms with Gasteiger partial charge in [0.25, 0.3) is 11.8 Å². The van der Waals surface area contributed by atoms with Crippen molar-refractivity contribution in [1.29, 1.82) is 0 Å². The predicted molar refractivity (Wildman–Crippen MR) is 133 cm³/mol. The molecule has 7 nitrogen and oxygen atoms in total. The molecule has 2 aromatic rings. The number of nitrogens with zero attached hydrogens (tertiary/aromatic N) is 3. The zero-order valence-electron chi connectivity index (χ0n) is 19.4. The Morgan fingerprint density at radius 3 is 2.39 bits per heavy atom. The van der Waals surface area contributed by atoms with Crippen LogP contribution in [-0.4, -0.2) is 74.1 Å². The van der Waals surface area contributed by atoms with Crippen LogP contribution in [0.25, 0.3) is 5.57 Å². The molecular weight excluding hydrogens is 436 g/mol. The zero-order chi connectivity index (χ0) is 23.2. The van der Waals surface area contributed by atoms with Crippen molar-refractivity contribution < 1.29 is 14.3 Å². The van der Waals surface area contributed by atoms with Crippen LogP contribution in [0.4, 0.5) is 11.4 Å². The van der Waals surface area contributed by atoms with Crippen LogP contribution in [0.15, 0.2) is 47.5 Å². The lowest BCUT2D eigenvalue weighted by atomic mass is 10.1. The topological polar surface area (TPSA) is 65.1 Å². The molecular formula is C25H32N4O3S. The largest absolute Gasteiger partial charge is 0.382 e. The molecule has 2 aliphatic rings. The van der Waals surface area contributed by atoms with Gasteiger partial charge in [0, 0.05) is 62.2 Å². The molecule has 2 aliphatic heterocycles. The Balaban J connectivity index is 1.49. The summed E-state index contributed by atoms with van der Waals surface area (Å²) in [7, 11) is 0. The number of ether oxygens (including phenoxy) is 1. The number of nitrogens with one attached hydrogen (secondary N) is 1. The van der Waals surface area contributed by atoms with E-state index in [1.807, 2.05) is 36.6 Å². The van der Waals surface area contributed by atoms with E-state index in [0.29, 0.717) is 37.4 Å². The van der Waals surface area contributed by atoms with Crippen molar-refractivity contribution in [2.24, 2.45) is 0 Å². The average Bonchev–Trinajstić information content (AvgIpc) is 3.45. The number of rotatable bonds is 10. The van der Waals surface area contributed by atoms with Gasteiger partial charge in [0.05, 0.1) is 5.57 Å². The molecule has 0 aliphatic carbocycles. The Labute approximate surface area is 199 Å². The number of hydrogen-bond donors (Lipinski definition) is 1. The summed E-state index contributed by atoms with van der Waals surface area (Å²) in [5.41, 5.74) is 2.77. The second-order valence-electron chi connectivity index (χ2n) is 8.13. The number of piperazine rings is 1. The number of benzene rings is 1. The van der Waals surface area contributed by atoms with Crippen LogP contribution < -0.4 is 10.2 Å². The Bertz CT molecular complexity index is 980. The fraction of sp³-hybridized carbons (Fsp3) is 0.440. The van der Waals surface area contributed by atoms with E-state index in [-0.39, 0.29) is 11.8 Å². The first-order valence-corrected chi connectivity index (χ1v) is 12.6. The van der Waals surface area contributed by atoms with Crippen LogP contribution in [0, 0.1) is 0 Å². The summed E-state index contributed by atoms with van der Waals surface area (Å²) in [6, 6.07) is 11.9. The lowest BCUT2D eigenvalue weighted by molar-refractivity contribution is -0.137. The van der Waals surface area contributed by atoms with E-state index in [0.717, 1.165) is 43.3 Å². The summed E-state index contributed by atoms with van der Waals surface area (Å²) >= 11 is 1.46. The van der Waals surface area contributed by atoms with Crippen LogP contribution in [-0.2, 0) is 14.3 Å². The number of hydrogen-bond acceptors (Lipinski definition) is 7. The van der Waals surface area contributed by atoms with Gasteiger partial charge in [-0.05, 0) is 55.6 Å². The van der Waals surface area contributed by atoms with Crippen molar-refractivity contribution in [2.75, 3.05) is 62.7 Å². The van der Waals surface area contributed by atoms with Crippen molar-refractivity contribution in [3.05, 3.63) is 52.4 Å². The quantitative estimate of drug-likeness (QED) is 0.425. The molecule has 1 fully saturated rings. The summed E-state index contributed by atoms with van der Waals surface area (Å²) < 4.78 is 5.38. The van der Waals surface area contributed by atoms with Gasteiger partial charge < -0.3 is 19.9 Å². The molecule has 0 spiro atoms. The minimum atomic E-state index is -0.278. The monoisotopic (exact) mass is 468 g/mol. The highest BCUT2D eigenvalue weighted by Gasteiger charge is 2.39. The van der Waals surface area contributed by atoms with Gasteiger partial charge in [-0.3, -0.25) is 14.5 Å². The predicted octanol–water partition coefficient (Wildman–Crippen LogP) is 3.51. The first-order chi connectivity index (χ1) is 16.1. The zero-order valence-corrected chi connectivity index (χ0v) is 20.2. The maximum absolute atomic E-state index is 13.2. The van der Waals surface area contributed by atoms with E-state index in [4.69, 9.17) is 4.74 Å². The van der Waals surface area contributed by atoms with Gasteiger partial charge >= 0.3 is 0 Å². The molecule has 2 amide bonds. The highest BCUT2D eigenvalue weighted by molar-refractivity contribution is 7.11. The number of carbonyl (C=O) groups is 2. The van der Waals surface area contributed by atoms with Gasteiger partial charge in [-0.25, -0.2) is 0 Å². The molecule has 1 saturated heterocycles. The van der Waals surface area contributed by atoms with Crippen LogP contribution in [0.1, 0.15) is 25.1 Å². The molecule has 0 unspecified atom stereocenters. The average molecular weight is 469 g/mol. The third kappa shape index (κ3) is 5.29. The Morgan fingerprint density at radius 1 is 1.00 bits per heavy atom. The molecule has 1 N–H and O–H groups in total. The molecule has 33 heavy (non-hydrogen) atoms. The van der Waals surface area contributed by atoms with E-state index in [1.54, 1.807) is 0 Å². The molecule has 1 aromatic heterocycles. The number of amides is 2. The van der Waals surface area contributed by atoms with Crippen molar-refractivity contribution in [2.45, 2.75) is 20.3 Å². The van der Waals surface area contributed by atoms with Crippen molar-refractivity contribution in [3.8, 4) is 0 Å². The molecule has 0 radical (unpaired) electrons. The molecule has 0 saturated carbocycles. The van der Waals surface area contributed by atoms with Crippen LogP contribution in [0.3, 0.4) is 0 Å². The van der Waals surface area contributed by atoms with E-state index < -0.39 is 0 Å². The van der Waals surface area contributed by atoms with Crippen molar-refractivity contribution >= 4 is 40.1 Å². The van der Waals surface area contributed by atoms with Gasteiger partial charge in [0.1, 0.15) is 5.70 Å². The molecule has 0 bridgehead atoms. The molecule has 3 heterocycles. The molecule has 0 atom stereocenters. The minimum Gasteiger partial charge on any atom is -0.382 e. The summed E-state index contributed by atoms with van der Waals surface area (Å²) in [5, 5.41) is 5.17. The Kier molecular flexibility index (Phi) is 7.80. The molecule has 176 valence electrons. The maximum Gasteiger partial charge on any atom is 0.278 e. The van der Waals surface area contributed by atoms with E-state index in [2.05, 4.69) is 34.2 Å². The number of anilines is 2. The number of likely N-dealkylation sites (N-methyl/N-ethyl adjacent to an activating group) is 1. The SMILES string of the molecule is CCOCCCN1C(=O)C(Nc2ccc(N3CCN(CC)CC3)cc2)=C(c2cccs2)C1=O. The van der Waals surface area contributed by atoms with Gasteiger partial charge in [-0.2, -0.15) is 0 Å². The second kappa shape index (κ2) is 11.0. The Morgan fingerprint density at radius 2 is 1.76 bits per heavy atom. The fourth-order valence-corrected chi connectivity index (χ4v) is 5.00. The molecule has 1 aromatic carbocycles. The second-order valence-corrected chi connectivity index (χ2v) is 9.08. The van der Waals surface area contributed by atoms with E-state index in [9.17, 15) is 9.59 Å². The summed E-state index contributed by atoms with van der Waals surface area (Å²) in [5.74, 6) is -0.522. The Hall–Kier alpha value is -2.68. The molecule has 4 rings (SSSR count). The van der Waals surface area contributed by atoms with Gasteiger partial charge in [0.15, 0.2) is 0 Å². The summed E-state index contributed by atoms with van der Waals surface area (Å²) in [6.07, 6.45) is 0.621. The van der Waals surface area contributed by atoms with Gasteiger partial charge in [0.2, 0.25) is 0 Å². The highest BCUT2D eigenvalue weighted by Crippen LogP contribution is 2.33. The smallest absolute Gasteiger partial charge is 0.278 e. The number of thiophene rings is 1. The van der Waals surface area contributed by atoms with Crippen molar-refractivity contribution in [3.63, 3.8) is 0 Å². The van der Waals surface area contributed by atoms with Crippen LogP contribution in [0.2, 0.25) is 0 Å².